The lowest BCUT2D eigenvalue weighted by Crippen LogP contribution is -2.26. The van der Waals surface area contributed by atoms with Crippen molar-refractivity contribution in [3.63, 3.8) is 0 Å². The minimum absolute atomic E-state index is 0.663. The maximum Gasteiger partial charge on any atom is 0.209 e. The lowest BCUT2D eigenvalue weighted by molar-refractivity contribution is -0.117. The van der Waals surface area contributed by atoms with Crippen molar-refractivity contribution >= 4 is 23.3 Å². The summed E-state index contributed by atoms with van der Waals surface area (Å²) in [7, 11) is 0. The van der Waals surface area contributed by atoms with E-state index >= 15 is 0 Å². The first-order valence-electron chi connectivity index (χ1n) is 6.54. The third kappa shape index (κ3) is 2.49. The molecule has 20 heavy (non-hydrogen) atoms. The molecule has 2 aromatic heterocycles. The quantitative estimate of drug-likeness (QED) is 0.803. The molecule has 0 unspecified atom stereocenters. The highest BCUT2D eigenvalue weighted by atomic mass is 32.1. The molecule has 7 heteroatoms. The molecule has 0 bridgehead atoms. The largest absolute Gasteiger partial charge is 0.341 e. The van der Waals surface area contributed by atoms with E-state index in [9.17, 15) is 4.79 Å². The van der Waals surface area contributed by atoms with Crippen LogP contribution in [0.4, 0.5) is 0 Å². The van der Waals surface area contributed by atoms with E-state index in [1.54, 1.807) is 27.2 Å². The highest BCUT2D eigenvalue weighted by molar-refractivity contribution is 7.16. The predicted molar refractivity (Wildman–Crippen MR) is 77.0 cm³/mol. The SMILES string of the molecule is CCn1cnc(-c2cnc(C3=CCN(C=O)CC3)s2)n1. The summed E-state index contributed by atoms with van der Waals surface area (Å²) in [5, 5.41) is 5.38. The van der Waals surface area contributed by atoms with Gasteiger partial charge in [0.05, 0.1) is 4.88 Å². The molecule has 104 valence electrons. The summed E-state index contributed by atoms with van der Waals surface area (Å²) in [6.07, 6.45) is 7.36. The molecular weight excluding hydrogens is 274 g/mol. The van der Waals surface area contributed by atoms with E-state index < -0.39 is 0 Å². The van der Waals surface area contributed by atoms with Gasteiger partial charge in [-0.2, -0.15) is 5.10 Å². The van der Waals surface area contributed by atoms with Gasteiger partial charge in [-0.3, -0.25) is 9.48 Å². The van der Waals surface area contributed by atoms with Crippen molar-refractivity contribution in [3.8, 4) is 10.7 Å². The minimum Gasteiger partial charge on any atom is -0.341 e. The van der Waals surface area contributed by atoms with Crippen molar-refractivity contribution in [2.75, 3.05) is 13.1 Å². The Kier molecular flexibility index (Phi) is 3.60. The standard InChI is InChI=1S/C13H15N5OS/c1-2-18-8-15-12(16-18)11-7-14-13(20-11)10-3-5-17(9-19)6-4-10/h3,7-9H,2,4-6H2,1H3. The topological polar surface area (TPSA) is 63.9 Å². The van der Waals surface area contributed by atoms with Crippen LogP contribution < -0.4 is 0 Å². The number of thiazole rings is 1. The fourth-order valence-electron chi connectivity index (χ4n) is 2.06. The van der Waals surface area contributed by atoms with Crippen LogP contribution in [-0.2, 0) is 11.3 Å². The molecule has 0 N–H and O–H groups in total. The van der Waals surface area contributed by atoms with Crippen molar-refractivity contribution in [2.24, 2.45) is 0 Å². The number of aromatic nitrogens is 4. The summed E-state index contributed by atoms with van der Waals surface area (Å²) in [4.78, 5) is 22.2. The molecule has 6 nitrogen and oxygen atoms in total. The first kappa shape index (κ1) is 13.0. The van der Waals surface area contributed by atoms with E-state index in [-0.39, 0.29) is 0 Å². The average Bonchev–Trinajstić information content (AvgIpc) is 3.16. The second kappa shape index (κ2) is 5.54. The zero-order valence-corrected chi connectivity index (χ0v) is 12.0. The smallest absolute Gasteiger partial charge is 0.209 e. The third-order valence-electron chi connectivity index (χ3n) is 3.25. The number of aryl methyl sites for hydroxylation is 1. The van der Waals surface area contributed by atoms with Gasteiger partial charge in [0.1, 0.15) is 11.3 Å². The molecule has 1 aliphatic rings. The highest BCUT2D eigenvalue weighted by Gasteiger charge is 2.15. The molecule has 0 saturated carbocycles. The van der Waals surface area contributed by atoms with Crippen LogP contribution in [0.1, 0.15) is 18.4 Å². The van der Waals surface area contributed by atoms with Gasteiger partial charge in [0.25, 0.3) is 0 Å². The second-order valence-electron chi connectivity index (χ2n) is 4.53. The maximum atomic E-state index is 10.7. The lowest BCUT2D eigenvalue weighted by Gasteiger charge is -2.21. The molecule has 0 fully saturated rings. The van der Waals surface area contributed by atoms with Gasteiger partial charge in [-0.25, -0.2) is 9.97 Å². The Bertz CT molecular complexity index is 645. The first-order chi connectivity index (χ1) is 9.80. The summed E-state index contributed by atoms with van der Waals surface area (Å²) in [5.74, 6) is 0.724. The van der Waals surface area contributed by atoms with E-state index in [1.165, 1.54) is 5.57 Å². The molecule has 3 rings (SSSR count). The molecule has 1 amide bonds. The molecule has 0 aliphatic carbocycles. The molecular formula is C13H15N5OS. The lowest BCUT2D eigenvalue weighted by atomic mass is 10.1. The zero-order chi connectivity index (χ0) is 13.9. The zero-order valence-electron chi connectivity index (χ0n) is 11.2. The summed E-state index contributed by atoms with van der Waals surface area (Å²) in [6.45, 7) is 4.26. The number of amides is 1. The maximum absolute atomic E-state index is 10.7. The molecule has 0 spiro atoms. The number of rotatable bonds is 4. The van der Waals surface area contributed by atoms with E-state index in [0.29, 0.717) is 6.54 Å². The Morgan fingerprint density at radius 2 is 2.35 bits per heavy atom. The van der Waals surface area contributed by atoms with Gasteiger partial charge in [-0.15, -0.1) is 11.3 Å². The number of carbonyl (C=O) groups excluding carboxylic acids is 1. The molecule has 0 radical (unpaired) electrons. The Morgan fingerprint density at radius 1 is 1.45 bits per heavy atom. The van der Waals surface area contributed by atoms with E-state index in [1.807, 2.05) is 13.1 Å². The van der Waals surface area contributed by atoms with Crippen LogP contribution in [0.25, 0.3) is 16.3 Å². The summed E-state index contributed by atoms with van der Waals surface area (Å²) >= 11 is 1.60. The Balaban J connectivity index is 1.80. The molecule has 0 atom stereocenters. The Hall–Kier alpha value is -2.02. The predicted octanol–water partition coefficient (Wildman–Crippen LogP) is 1.67. The fraction of sp³-hybridized carbons (Fsp3) is 0.385. The fourth-order valence-corrected chi connectivity index (χ4v) is 2.98. The van der Waals surface area contributed by atoms with Crippen LogP contribution in [0.15, 0.2) is 18.6 Å². The van der Waals surface area contributed by atoms with Crippen molar-refractivity contribution in [3.05, 3.63) is 23.6 Å². The molecule has 0 saturated heterocycles. The van der Waals surface area contributed by atoms with Gasteiger partial charge in [0.15, 0.2) is 5.82 Å². The van der Waals surface area contributed by atoms with Gasteiger partial charge in [0.2, 0.25) is 6.41 Å². The van der Waals surface area contributed by atoms with Crippen LogP contribution in [0.2, 0.25) is 0 Å². The molecule has 2 aromatic rings. The van der Waals surface area contributed by atoms with Crippen molar-refractivity contribution in [2.45, 2.75) is 19.9 Å². The van der Waals surface area contributed by atoms with Crippen LogP contribution in [-0.4, -0.2) is 44.1 Å². The van der Waals surface area contributed by atoms with Crippen LogP contribution in [0, 0.1) is 0 Å². The van der Waals surface area contributed by atoms with Crippen molar-refractivity contribution in [1.29, 1.82) is 0 Å². The van der Waals surface area contributed by atoms with E-state index in [0.717, 1.165) is 41.6 Å². The van der Waals surface area contributed by atoms with E-state index in [2.05, 4.69) is 21.1 Å². The number of hydrogen-bond acceptors (Lipinski definition) is 5. The van der Waals surface area contributed by atoms with Crippen LogP contribution in [0.3, 0.4) is 0 Å². The number of carbonyl (C=O) groups is 1. The van der Waals surface area contributed by atoms with Gasteiger partial charge >= 0.3 is 0 Å². The average molecular weight is 289 g/mol. The normalized spacial score (nSPS) is 15.2. The van der Waals surface area contributed by atoms with Gasteiger partial charge < -0.3 is 4.90 Å². The molecule has 1 aliphatic heterocycles. The second-order valence-corrected chi connectivity index (χ2v) is 5.56. The first-order valence-corrected chi connectivity index (χ1v) is 7.36. The van der Waals surface area contributed by atoms with Gasteiger partial charge in [0, 0.05) is 25.8 Å². The highest BCUT2D eigenvalue weighted by Crippen LogP contribution is 2.30. The van der Waals surface area contributed by atoms with Crippen molar-refractivity contribution < 1.29 is 4.79 Å². The number of hydrogen-bond donors (Lipinski definition) is 0. The molecule has 0 aromatic carbocycles. The Labute approximate surface area is 120 Å². The summed E-state index contributed by atoms with van der Waals surface area (Å²) in [5.41, 5.74) is 1.20. The van der Waals surface area contributed by atoms with Crippen LogP contribution in [0.5, 0.6) is 0 Å². The van der Waals surface area contributed by atoms with Crippen LogP contribution >= 0.6 is 11.3 Å². The third-order valence-corrected chi connectivity index (χ3v) is 4.32. The number of nitrogens with zero attached hydrogens (tertiary/aromatic N) is 5. The van der Waals surface area contributed by atoms with Crippen molar-refractivity contribution in [1.82, 2.24) is 24.6 Å². The summed E-state index contributed by atoms with van der Waals surface area (Å²) in [6, 6.07) is 0. The Morgan fingerprint density at radius 3 is 3.00 bits per heavy atom. The van der Waals surface area contributed by atoms with E-state index in [4.69, 9.17) is 0 Å². The monoisotopic (exact) mass is 289 g/mol. The minimum atomic E-state index is 0.663. The van der Waals surface area contributed by atoms with Gasteiger partial charge in [-0.05, 0) is 18.9 Å². The summed E-state index contributed by atoms with van der Waals surface area (Å²) < 4.78 is 1.80. The van der Waals surface area contributed by atoms with Gasteiger partial charge in [-0.1, -0.05) is 6.08 Å². The molecule has 3 heterocycles.